The highest BCUT2D eigenvalue weighted by Gasteiger charge is 2.06. The third-order valence-corrected chi connectivity index (χ3v) is 3.59. The lowest BCUT2D eigenvalue weighted by atomic mass is 10.1. The Morgan fingerprint density at radius 1 is 1.40 bits per heavy atom. The lowest BCUT2D eigenvalue weighted by Crippen LogP contribution is -2.29. The molecule has 0 bridgehead atoms. The van der Waals surface area contributed by atoms with Gasteiger partial charge in [0.25, 0.3) is 0 Å². The molecule has 0 spiro atoms. The molecule has 0 aliphatic heterocycles. The quantitative estimate of drug-likeness (QED) is 0.767. The second-order valence-corrected chi connectivity index (χ2v) is 5.23. The van der Waals surface area contributed by atoms with Gasteiger partial charge in [0.2, 0.25) is 0 Å². The van der Waals surface area contributed by atoms with Crippen molar-refractivity contribution in [3.05, 3.63) is 22.4 Å². The van der Waals surface area contributed by atoms with E-state index >= 15 is 0 Å². The van der Waals surface area contributed by atoms with E-state index < -0.39 is 0 Å². The fourth-order valence-electron chi connectivity index (χ4n) is 1.62. The molecule has 2 nitrogen and oxygen atoms in total. The maximum absolute atomic E-state index is 3.40. The van der Waals surface area contributed by atoms with Crippen molar-refractivity contribution in [2.75, 3.05) is 27.7 Å². The van der Waals surface area contributed by atoms with Crippen LogP contribution in [0.5, 0.6) is 0 Å². The van der Waals surface area contributed by atoms with Gasteiger partial charge in [-0.05, 0) is 58.4 Å². The van der Waals surface area contributed by atoms with Gasteiger partial charge in [-0.1, -0.05) is 6.07 Å². The molecule has 0 aliphatic carbocycles. The van der Waals surface area contributed by atoms with E-state index in [1.807, 2.05) is 11.3 Å². The summed E-state index contributed by atoms with van der Waals surface area (Å²) in [6.07, 6.45) is 3.68. The van der Waals surface area contributed by atoms with Gasteiger partial charge in [-0.25, -0.2) is 0 Å². The minimum absolute atomic E-state index is 0.648. The topological polar surface area (TPSA) is 15.3 Å². The Balaban J connectivity index is 2.22. The number of aryl methyl sites for hydroxylation is 1. The van der Waals surface area contributed by atoms with Gasteiger partial charge in [0, 0.05) is 10.9 Å². The molecule has 0 fully saturated rings. The van der Waals surface area contributed by atoms with Crippen LogP contribution in [0.15, 0.2) is 17.5 Å². The van der Waals surface area contributed by atoms with Crippen LogP contribution >= 0.6 is 11.3 Å². The lowest BCUT2D eigenvalue weighted by molar-refractivity contribution is 0.358. The first-order chi connectivity index (χ1) is 7.22. The van der Waals surface area contributed by atoms with Gasteiger partial charge in [0.1, 0.15) is 0 Å². The molecule has 0 radical (unpaired) electrons. The van der Waals surface area contributed by atoms with Crippen LogP contribution in [-0.2, 0) is 6.42 Å². The summed E-state index contributed by atoms with van der Waals surface area (Å²) in [6, 6.07) is 5.01. The van der Waals surface area contributed by atoms with Crippen LogP contribution in [0.1, 0.15) is 17.7 Å². The maximum atomic E-state index is 3.40. The summed E-state index contributed by atoms with van der Waals surface area (Å²) < 4.78 is 0. The van der Waals surface area contributed by atoms with Gasteiger partial charge >= 0.3 is 0 Å². The number of hydrogen-bond donors (Lipinski definition) is 1. The summed E-state index contributed by atoms with van der Waals surface area (Å²) in [4.78, 5) is 3.75. The van der Waals surface area contributed by atoms with E-state index in [4.69, 9.17) is 0 Å². The molecule has 1 aromatic heterocycles. The van der Waals surface area contributed by atoms with Gasteiger partial charge in [-0.15, -0.1) is 11.3 Å². The van der Waals surface area contributed by atoms with Crippen LogP contribution in [-0.4, -0.2) is 38.6 Å². The number of nitrogens with zero attached hydrogens (tertiary/aromatic N) is 1. The van der Waals surface area contributed by atoms with Gasteiger partial charge in [0.05, 0.1) is 0 Å². The van der Waals surface area contributed by atoms with E-state index in [-0.39, 0.29) is 0 Å². The second-order valence-electron chi connectivity index (χ2n) is 4.20. The minimum Gasteiger partial charge on any atom is -0.317 e. The molecule has 0 amide bonds. The van der Waals surface area contributed by atoms with E-state index in [0.717, 1.165) is 6.54 Å². The Morgan fingerprint density at radius 2 is 2.20 bits per heavy atom. The van der Waals surface area contributed by atoms with E-state index in [2.05, 4.69) is 48.9 Å². The first kappa shape index (κ1) is 12.7. The fraction of sp³-hybridized carbons (Fsp3) is 0.667. The summed E-state index contributed by atoms with van der Waals surface area (Å²) >= 11 is 1.86. The molecular formula is C12H22N2S. The second kappa shape index (κ2) is 6.99. The van der Waals surface area contributed by atoms with Crippen molar-refractivity contribution in [1.82, 2.24) is 10.2 Å². The first-order valence-electron chi connectivity index (χ1n) is 5.56. The van der Waals surface area contributed by atoms with Crippen molar-refractivity contribution in [2.24, 2.45) is 0 Å². The van der Waals surface area contributed by atoms with Crippen LogP contribution in [0.3, 0.4) is 0 Å². The molecule has 1 atom stereocenters. The van der Waals surface area contributed by atoms with Gasteiger partial charge in [-0.2, -0.15) is 0 Å². The molecule has 15 heavy (non-hydrogen) atoms. The highest BCUT2D eigenvalue weighted by molar-refractivity contribution is 7.09. The molecule has 0 aromatic carbocycles. The molecule has 0 saturated carbocycles. The van der Waals surface area contributed by atoms with Crippen molar-refractivity contribution >= 4 is 11.3 Å². The average Bonchev–Trinajstić information content (AvgIpc) is 2.70. The Hall–Kier alpha value is -0.380. The molecule has 1 rings (SSSR count). The molecule has 1 aromatic rings. The van der Waals surface area contributed by atoms with Crippen LogP contribution in [0.2, 0.25) is 0 Å². The largest absolute Gasteiger partial charge is 0.317 e. The molecule has 1 unspecified atom stereocenters. The maximum Gasteiger partial charge on any atom is 0.00796 e. The molecule has 0 saturated heterocycles. The summed E-state index contributed by atoms with van der Waals surface area (Å²) in [5.74, 6) is 0. The van der Waals surface area contributed by atoms with Crippen LogP contribution in [0, 0.1) is 0 Å². The number of hydrogen-bond acceptors (Lipinski definition) is 3. The zero-order chi connectivity index (χ0) is 11.1. The highest BCUT2D eigenvalue weighted by atomic mass is 32.1. The van der Waals surface area contributed by atoms with Crippen molar-refractivity contribution in [1.29, 1.82) is 0 Å². The fourth-order valence-corrected chi connectivity index (χ4v) is 2.34. The predicted octanol–water partition coefficient (Wildman–Crippen LogP) is 2.22. The third-order valence-electron chi connectivity index (χ3n) is 2.65. The lowest BCUT2D eigenvalue weighted by Gasteiger charge is -2.18. The zero-order valence-electron chi connectivity index (χ0n) is 9.99. The number of thiophene rings is 1. The SMILES string of the molecule is CNC(CCc1cccs1)CCN(C)C. The van der Waals surface area contributed by atoms with E-state index in [9.17, 15) is 0 Å². The van der Waals surface area contributed by atoms with E-state index in [1.165, 1.54) is 24.1 Å². The molecular weight excluding hydrogens is 204 g/mol. The van der Waals surface area contributed by atoms with Crippen LogP contribution in [0.25, 0.3) is 0 Å². The Morgan fingerprint density at radius 3 is 2.73 bits per heavy atom. The standard InChI is InChI=1S/C12H22N2S/c1-13-11(8-9-14(2)3)6-7-12-5-4-10-15-12/h4-5,10-11,13H,6-9H2,1-3H3. The monoisotopic (exact) mass is 226 g/mol. The minimum atomic E-state index is 0.648. The summed E-state index contributed by atoms with van der Waals surface area (Å²) in [7, 11) is 6.33. The Kier molecular flexibility index (Phi) is 5.91. The van der Waals surface area contributed by atoms with Gasteiger partial charge < -0.3 is 10.2 Å². The smallest absolute Gasteiger partial charge is 0.00796 e. The normalized spacial score (nSPS) is 13.3. The Labute approximate surface area is 97.3 Å². The average molecular weight is 226 g/mol. The third kappa shape index (κ3) is 5.30. The first-order valence-corrected chi connectivity index (χ1v) is 6.44. The molecule has 3 heteroatoms. The number of rotatable bonds is 7. The predicted molar refractivity (Wildman–Crippen MR) is 68.7 cm³/mol. The molecule has 86 valence electrons. The van der Waals surface area contributed by atoms with E-state index in [1.54, 1.807) is 0 Å². The summed E-state index contributed by atoms with van der Waals surface area (Å²) in [5, 5.41) is 5.55. The van der Waals surface area contributed by atoms with E-state index in [0.29, 0.717) is 6.04 Å². The summed E-state index contributed by atoms with van der Waals surface area (Å²) in [6.45, 7) is 1.16. The molecule has 1 heterocycles. The van der Waals surface area contributed by atoms with Crippen molar-refractivity contribution < 1.29 is 0 Å². The number of nitrogens with one attached hydrogen (secondary N) is 1. The van der Waals surface area contributed by atoms with Crippen molar-refractivity contribution in [3.8, 4) is 0 Å². The van der Waals surface area contributed by atoms with Crippen LogP contribution in [0.4, 0.5) is 0 Å². The molecule has 0 aliphatic rings. The van der Waals surface area contributed by atoms with Gasteiger partial charge in [-0.3, -0.25) is 0 Å². The zero-order valence-corrected chi connectivity index (χ0v) is 10.8. The summed E-state index contributed by atoms with van der Waals surface area (Å²) in [5.41, 5.74) is 0. The highest BCUT2D eigenvalue weighted by Crippen LogP contribution is 2.13. The molecule has 1 N–H and O–H groups in total. The van der Waals surface area contributed by atoms with Crippen LogP contribution < -0.4 is 5.32 Å². The van der Waals surface area contributed by atoms with Crippen molar-refractivity contribution in [2.45, 2.75) is 25.3 Å². The van der Waals surface area contributed by atoms with Crippen molar-refractivity contribution in [3.63, 3.8) is 0 Å². The Bertz CT molecular complexity index is 244. The van der Waals surface area contributed by atoms with Gasteiger partial charge in [0.15, 0.2) is 0 Å².